The molecule has 1 aliphatic carbocycles. The minimum atomic E-state index is -3.13. The van der Waals surface area contributed by atoms with Gasteiger partial charge in [-0.1, -0.05) is 65.8 Å². The fourth-order valence-electron chi connectivity index (χ4n) is 3.00. The normalized spacial score (nSPS) is 11.8. The van der Waals surface area contributed by atoms with Crippen molar-refractivity contribution < 1.29 is 28.3 Å². The zero-order valence-electron chi connectivity index (χ0n) is 20.0. The third-order valence-electron chi connectivity index (χ3n) is 4.83. The topological polar surface area (TPSA) is 136 Å². The highest BCUT2D eigenvalue weighted by Gasteiger charge is 2.27. The number of nitrogens with zero attached hydrogens (tertiary/aromatic N) is 1. The molecule has 0 atom stereocenters. The van der Waals surface area contributed by atoms with Crippen molar-refractivity contribution in [2.45, 2.75) is 13.8 Å². The third kappa shape index (κ3) is 9.11. The fourth-order valence-corrected chi connectivity index (χ4v) is 5.54. The van der Waals surface area contributed by atoms with Gasteiger partial charge in [0, 0.05) is 31.3 Å². The van der Waals surface area contributed by atoms with Crippen molar-refractivity contribution in [3.05, 3.63) is 105 Å². The van der Waals surface area contributed by atoms with E-state index in [2.05, 4.69) is 41.3 Å². The first-order valence-corrected chi connectivity index (χ1v) is 13.8. The maximum absolute atomic E-state index is 12.6. The summed E-state index contributed by atoms with van der Waals surface area (Å²) < 4.78 is 29.3. The number of hydrogen-bond donors (Lipinski definition) is 2. The van der Waals surface area contributed by atoms with Crippen molar-refractivity contribution in [1.82, 2.24) is 4.68 Å². The first kappa shape index (κ1) is 33.1. The fraction of sp³-hybridized carbons (Fsp3) is 0.154. The summed E-state index contributed by atoms with van der Waals surface area (Å²) in [5, 5.41) is 1.20. The van der Waals surface area contributed by atoms with Crippen LogP contribution in [0.25, 0.3) is 0 Å². The van der Waals surface area contributed by atoms with Gasteiger partial charge in [-0.3, -0.25) is 9.24 Å². The molecule has 4 N–H and O–H groups in total. The maximum atomic E-state index is 12.6. The smallest absolute Gasteiger partial charge is 0.356 e. The van der Waals surface area contributed by atoms with Gasteiger partial charge in [-0.2, -0.15) is 0 Å². The molecule has 1 heterocycles. The van der Waals surface area contributed by atoms with Crippen molar-refractivity contribution in [2.75, 3.05) is 20.1 Å². The predicted molar refractivity (Wildman–Crippen MR) is 157 cm³/mol. The Morgan fingerprint density at radius 3 is 1.76 bits per heavy atom. The Hall–Kier alpha value is -2.95. The molecular weight excluding hydrogens is 641 g/mol. The number of halogens is 2. The molecule has 0 radical (unpaired) electrons. The molecule has 3 aromatic rings. The van der Waals surface area contributed by atoms with Crippen LogP contribution >= 0.6 is 39.2 Å². The zero-order valence-corrected chi connectivity index (χ0v) is 24.1. The number of aromatic nitrogens is 1. The second-order valence-corrected chi connectivity index (χ2v) is 11.4. The Morgan fingerprint density at radius 1 is 0.921 bits per heavy atom. The summed E-state index contributed by atoms with van der Waals surface area (Å²) in [5.41, 5.74) is 1.02. The number of benzene rings is 2. The number of ether oxygens (including phenoxy) is 2. The lowest BCUT2D eigenvalue weighted by Crippen LogP contribution is -2.20. The van der Waals surface area contributed by atoms with Crippen LogP contribution in [0.2, 0.25) is 0 Å². The molecular formula is C26H30Br2N3O6P. The summed E-state index contributed by atoms with van der Waals surface area (Å²) in [6.07, 6.45) is 5.94. The number of nitrogens with two attached hydrogens (primary N) is 2. The SMILES string of the molecule is C.COC(=O)C1=CC(Br)=CC1.COC(=O)c1cc(Br)cn1N.NOP(=O)(c1ccccc1)c1ccccc1. The molecule has 12 heteroatoms. The highest BCUT2D eigenvalue weighted by atomic mass is 79.9. The molecule has 0 amide bonds. The van der Waals surface area contributed by atoms with E-state index < -0.39 is 13.3 Å². The minimum absolute atomic E-state index is 0. The summed E-state index contributed by atoms with van der Waals surface area (Å²) in [7, 11) is -0.434. The Morgan fingerprint density at radius 2 is 1.42 bits per heavy atom. The van der Waals surface area contributed by atoms with Crippen molar-refractivity contribution in [3.63, 3.8) is 0 Å². The number of methoxy groups -OCH3 is 2. The summed E-state index contributed by atoms with van der Waals surface area (Å²) >= 11 is 6.42. The first-order valence-electron chi connectivity index (χ1n) is 10.6. The first-order chi connectivity index (χ1) is 17.7. The number of allylic oxidation sites excluding steroid dienone is 3. The van der Waals surface area contributed by atoms with Crippen LogP contribution in [0.1, 0.15) is 24.3 Å². The molecule has 0 aliphatic heterocycles. The van der Waals surface area contributed by atoms with Gasteiger partial charge in [0.05, 0.1) is 14.2 Å². The second-order valence-electron chi connectivity index (χ2n) is 7.22. The minimum Gasteiger partial charge on any atom is -0.466 e. The molecule has 2 aromatic carbocycles. The van der Waals surface area contributed by atoms with Crippen LogP contribution in [0.15, 0.2) is 99.6 Å². The van der Waals surface area contributed by atoms with Crippen LogP contribution in [0.4, 0.5) is 0 Å². The Bertz CT molecular complexity index is 1270. The van der Waals surface area contributed by atoms with Crippen LogP contribution < -0.4 is 22.3 Å². The molecule has 0 saturated heterocycles. The molecule has 1 aliphatic rings. The second kappa shape index (κ2) is 16.1. The summed E-state index contributed by atoms with van der Waals surface area (Å²) in [6.45, 7) is 0. The molecule has 9 nitrogen and oxygen atoms in total. The Balaban J connectivity index is 0.000000292. The molecule has 0 unspecified atom stereocenters. The lowest BCUT2D eigenvalue weighted by molar-refractivity contribution is -0.136. The molecule has 0 bridgehead atoms. The average Bonchev–Trinajstić information content (AvgIpc) is 3.53. The molecule has 38 heavy (non-hydrogen) atoms. The molecule has 0 fully saturated rings. The Labute approximate surface area is 239 Å². The van der Waals surface area contributed by atoms with Crippen molar-refractivity contribution in [2.24, 2.45) is 5.90 Å². The standard InChI is InChI=1S/C12H12NO2P.C7H7BrO2.C6H7BrN2O2.CH4/c13-15-16(14,11-7-3-1-4-8-11)12-9-5-2-6-10-12;1-10-7(9)5-2-3-6(8)4-5;1-11-6(10)5-2-4(7)3-9(5)8;/h1-10H,13H2;3-4H,2H2,1H3;2-3H,8H2,1H3;1H4. The van der Waals surface area contributed by atoms with Gasteiger partial charge in [-0.25, -0.2) is 20.1 Å². The van der Waals surface area contributed by atoms with E-state index in [1.807, 2.05) is 42.5 Å². The van der Waals surface area contributed by atoms with Gasteiger partial charge >= 0.3 is 11.9 Å². The molecule has 4 rings (SSSR count). The van der Waals surface area contributed by atoms with Crippen molar-refractivity contribution in [3.8, 4) is 0 Å². The predicted octanol–water partition coefficient (Wildman–Crippen LogP) is 4.96. The molecule has 0 saturated carbocycles. The van der Waals surface area contributed by atoms with E-state index >= 15 is 0 Å². The summed E-state index contributed by atoms with van der Waals surface area (Å²) in [5.74, 6) is 9.92. The lowest BCUT2D eigenvalue weighted by Gasteiger charge is -2.15. The summed E-state index contributed by atoms with van der Waals surface area (Å²) in [4.78, 5) is 21.7. The highest BCUT2D eigenvalue weighted by Crippen LogP contribution is 2.42. The van der Waals surface area contributed by atoms with Gasteiger partial charge in [0.25, 0.3) is 7.37 Å². The van der Waals surface area contributed by atoms with E-state index in [1.165, 1.54) is 18.9 Å². The van der Waals surface area contributed by atoms with Crippen LogP contribution in [-0.2, 0) is 23.5 Å². The zero-order chi connectivity index (χ0) is 27.4. The number of nitrogen functional groups attached to an aromatic ring is 1. The highest BCUT2D eigenvalue weighted by molar-refractivity contribution is 9.12. The van der Waals surface area contributed by atoms with E-state index in [9.17, 15) is 14.2 Å². The number of hydrogen-bond acceptors (Lipinski definition) is 8. The van der Waals surface area contributed by atoms with E-state index in [-0.39, 0.29) is 13.4 Å². The molecule has 0 spiro atoms. The lowest BCUT2D eigenvalue weighted by atomic mass is 10.2. The van der Waals surface area contributed by atoms with Gasteiger partial charge in [-0.05, 0) is 58.8 Å². The number of carbonyl (C=O) groups excluding carboxylic acids is 2. The van der Waals surface area contributed by atoms with Crippen molar-refractivity contribution in [1.29, 1.82) is 0 Å². The molecule has 204 valence electrons. The van der Waals surface area contributed by atoms with E-state index in [0.717, 1.165) is 8.96 Å². The van der Waals surface area contributed by atoms with Crippen LogP contribution in [-0.4, -0.2) is 30.8 Å². The van der Waals surface area contributed by atoms with Gasteiger partial charge in [0.2, 0.25) is 0 Å². The van der Waals surface area contributed by atoms with E-state index in [0.29, 0.717) is 28.3 Å². The monoisotopic (exact) mass is 669 g/mol. The number of carbonyl (C=O) groups is 2. The van der Waals surface area contributed by atoms with E-state index in [4.69, 9.17) is 16.4 Å². The third-order valence-corrected chi connectivity index (χ3v) is 8.07. The Kier molecular flexibility index (Phi) is 14.0. The number of rotatable bonds is 5. The largest absolute Gasteiger partial charge is 0.466 e. The summed E-state index contributed by atoms with van der Waals surface area (Å²) in [6, 6.07) is 19.5. The van der Waals surface area contributed by atoms with Gasteiger partial charge in [-0.15, -0.1) is 0 Å². The molecule has 1 aromatic heterocycles. The van der Waals surface area contributed by atoms with Crippen molar-refractivity contribution >= 4 is 61.8 Å². The van der Waals surface area contributed by atoms with Crippen LogP contribution in [0, 0.1) is 0 Å². The average molecular weight is 671 g/mol. The number of esters is 2. The van der Waals surface area contributed by atoms with Gasteiger partial charge < -0.3 is 15.3 Å². The quantitative estimate of drug-likeness (QED) is 0.168. The van der Waals surface area contributed by atoms with Crippen LogP contribution in [0.3, 0.4) is 0 Å². The van der Waals surface area contributed by atoms with Crippen LogP contribution in [0.5, 0.6) is 0 Å². The maximum Gasteiger partial charge on any atom is 0.356 e. The van der Waals surface area contributed by atoms with Gasteiger partial charge in [0.1, 0.15) is 5.69 Å². The van der Waals surface area contributed by atoms with E-state index in [1.54, 1.807) is 42.6 Å². The van der Waals surface area contributed by atoms with Gasteiger partial charge in [0.15, 0.2) is 0 Å².